The fourth-order valence-corrected chi connectivity index (χ4v) is 5.37. The Kier molecular flexibility index (Phi) is 8.18. The van der Waals surface area contributed by atoms with Gasteiger partial charge >= 0.3 is 5.97 Å². The number of aryl methyl sites for hydroxylation is 1. The van der Waals surface area contributed by atoms with Crippen molar-refractivity contribution in [3.05, 3.63) is 56.6 Å². The van der Waals surface area contributed by atoms with Crippen LogP contribution in [0.15, 0.2) is 28.8 Å². The highest BCUT2D eigenvalue weighted by molar-refractivity contribution is 7.17. The van der Waals surface area contributed by atoms with Crippen molar-refractivity contribution in [2.75, 3.05) is 25.0 Å². The molecule has 0 bridgehead atoms. The Hall–Kier alpha value is -2.39. The number of carbonyl (C=O) groups is 2. The fourth-order valence-electron chi connectivity index (χ4n) is 3.88. The van der Waals surface area contributed by atoms with Crippen LogP contribution in [-0.4, -0.2) is 41.6 Å². The minimum Gasteiger partial charge on any atom is -0.462 e. The van der Waals surface area contributed by atoms with Crippen LogP contribution < -0.4 is 5.32 Å². The summed E-state index contributed by atoms with van der Waals surface area (Å²) in [4.78, 5) is 29.5. The molecule has 33 heavy (non-hydrogen) atoms. The molecule has 4 rings (SSSR count). The van der Waals surface area contributed by atoms with Gasteiger partial charge in [0.25, 0.3) is 5.91 Å². The van der Waals surface area contributed by atoms with Gasteiger partial charge in [-0.15, -0.1) is 23.7 Å². The molecule has 3 aromatic rings. The van der Waals surface area contributed by atoms with Gasteiger partial charge in [-0.05, 0) is 38.4 Å². The van der Waals surface area contributed by atoms with E-state index in [0.29, 0.717) is 32.6 Å². The van der Waals surface area contributed by atoms with Crippen LogP contribution in [0.5, 0.6) is 0 Å². The van der Waals surface area contributed by atoms with Crippen molar-refractivity contribution >= 4 is 52.2 Å². The number of aromatic nitrogens is 1. The molecule has 0 atom stereocenters. The maximum absolute atomic E-state index is 13.4. The average molecular weight is 510 g/mol. The van der Waals surface area contributed by atoms with Gasteiger partial charge in [0.15, 0.2) is 0 Å². The second kappa shape index (κ2) is 10.7. The highest BCUT2D eigenvalue weighted by Crippen LogP contribution is 2.39. The minimum absolute atomic E-state index is 0. The first-order valence-electron chi connectivity index (χ1n) is 10.5. The number of hydrogen-bond donors (Lipinski definition) is 1. The third-order valence-electron chi connectivity index (χ3n) is 5.51. The molecule has 3 heterocycles. The molecule has 1 N–H and O–H groups in total. The van der Waals surface area contributed by atoms with E-state index >= 15 is 0 Å². The van der Waals surface area contributed by atoms with Gasteiger partial charge in [0.1, 0.15) is 22.0 Å². The maximum Gasteiger partial charge on any atom is 0.341 e. The van der Waals surface area contributed by atoms with E-state index in [0.717, 1.165) is 36.5 Å². The summed E-state index contributed by atoms with van der Waals surface area (Å²) in [6, 6.07) is 7.14. The number of amides is 1. The summed E-state index contributed by atoms with van der Waals surface area (Å²) in [5, 5.41) is 7.95. The molecule has 1 aliphatic heterocycles. The van der Waals surface area contributed by atoms with E-state index < -0.39 is 11.9 Å². The third-order valence-corrected chi connectivity index (χ3v) is 6.97. The number of thiophene rings is 1. The largest absolute Gasteiger partial charge is 0.462 e. The number of hydrogen-bond acceptors (Lipinski definition) is 7. The lowest BCUT2D eigenvalue weighted by Gasteiger charge is -2.25. The minimum atomic E-state index is -0.418. The standard InChI is InChI=1S/C23H24ClN3O4S.ClH/c1-4-27-11-10-15-17(12-27)32-22(19(15)23(29)30-5-2)25-21(28)18-13(3)31-26-20(18)14-8-6-7-9-16(14)24;/h6-9H,4-5,10-12H2,1-3H3,(H,25,28);1H. The Morgan fingerprint density at radius 3 is 2.73 bits per heavy atom. The molecule has 7 nitrogen and oxygen atoms in total. The Balaban J connectivity index is 0.00000306. The molecule has 0 radical (unpaired) electrons. The second-order valence-electron chi connectivity index (χ2n) is 7.44. The molecule has 0 aliphatic carbocycles. The van der Waals surface area contributed by atoms with Gasteiger partial charge in [0, 0.05) is 23.5 Å². The molecular weight excluding hydrogens is 485 g/mol. The normalized spacial score (nSPS) is 13.2. The number of esters is 1. The van der Waals surface area contributed by atoms with Crippen LogP contribution >= 0.6 is 35.3 Å². The van der Waals surface area contributed by atoms with E-state index in [2.05, 4.69) is 22.3 Å². The SMILES string of the molecule is CCOC(=O)c1c(NC(=O)c2c(-c3ccccc3Cl)noc2C)sc2c1CCN(CC)C2.Cl. The van der Waals surface area contributed by atoms with E-state index in [4.69, 9.17) is 20.9 Å². The van der Waals surface area contributed by atoms with Crippen LogP contribution in [-0.2, 0) is 17.7 Å². The quantitative estimate of drug-likeness (QED) is 0.435. The Labute approximate surface area is 207 Å². The number of anilines is 1. The van der Waals surface area contributed by atoms with Crippen LogP contribution in [0.3, 0.4) is 0 Å². The summed E-state index contributed by atoms with van der Waals surface area (Å²) in [5.74, 6) is -0.456. The molecule has 1 aromatic carbocycles. The van der Waals surface area contributed by atoms with Crippen molar-refractivity contribution < 1.29 is 18.8 Å². The maximum atomic E-state index is 13.4. The van der Waals surface area contributed by atoms with Crippen LogP contribution in [0.25, 0.3) is 11.3 Å². The Morgan fingerprint density at radius 1 is 1.27 bits per heavy atom. The molecule has 0 unspecified atom stereocenters. The number of nitrogens with zero attached hydrogens (tertiary/aromatic N) is 2. The monoisotopic (exact) mass is 509 g/mol. The molecule has 0 fully saturated rings. The zero-order valence-electron chi connectivity index (χ0n) is 18.6. The van der Waals surface area contributed by atoms with E-state index in [1.54, 1.807) is 32.0 Å². The number of nitrogens with one attached hydrogen (secondary N) is 1. The van der Waals surface area contributed by atoms with Gasteiger partial charge in [-0.2, -0.15) is 0 Å². The van der Waals surface area contributed by atoms with Gasteiger partial charge in [-0.25, -0.2) is 4.79 Å². The molecule has 0 saturated heterocycles. The first-order valence-corrected chi connectivity index (χ1v) is 11.7. The number of ether oxygens (including phenoxy) is 1. The van der Waals surface area contributed by atoms with Gasteiger partial charge in [0.2, 0.25) is 0 Å². The van der Waals surface area contributed by atoms with Crippen molar-refractivity contribution in [3.63, 3.8) is 0 Å². The smallest absolute Gasteiger partial charge is 0.341 e. The summed E-state index contributed by atoms with van der Waals surface area (Å²) < 4.78 is 10.6. The van der Waals surface area contributed by atoms with E-state index in [-0.39, 0.29) is 24.6 Å². The Bertz CT molecular complexity index is 1170. The molecule has 176 valence electrons. The number of benzene rings is 1. The molecular formula is C23H25Cl2N3O4S. The summed E-state index contributed by atoms with van der Waals surface area (Å²) >= 11 is 7.75. The van der Waals surface area contributed by atoms with Gasteiger partial charge in [-0.3, -0.25) is 9.69 Å². The zero-order chi connectivity index (χ0) is 22.8. The van der Waals surface area contributed by atoms with Crippen molar-refractivity contribution in [1.82, 2.24) is 10.1 Å². The van der Waals surface area contributed by atoms with Crippen LogP contribution in [0.1, 0.15) is 50.8 Å². The molecule has 10 heteroatoms. The van der Waals surface area contributed by atoms with Gasteiger partial charge < -0.3 is 14.6 Å². The third kappa shape index (κ3) is 4.94. The van der Waals surface area contributed by atoms with Crippen molar-refractivity contribution in [3.8, 4) is 11.3 Å². The van der Waals surface area contributed by atoms with Crippen LogP contribution in [0.2, 0.25) is 5.02 Å². The predicted octanol–water partition coefficient (Wildman–Crippen LogP) is 5.59. The van der Waals surface area contributed by atoms with Crippen molar-refractivity contribution in [1.29, 1.82) is 0 Å². The first kappa shape index (κ1) is 25.2. The van der Waals surface area contributed by atoms with Gasteiger partial charge in [-0.1, -0.05) is 41.9 Å². The van der Waals surface area contributed by atoms with Crippen molar-refractivity contribution in [2.45, 2.75) is 33.7 Å². The van der Waals surface area contributed by atoms with Gasteiger partial charge in [0.05, 0.1) is 17.2 Å². The number of fused-ring (bicyclic) bond motifs is 1. The summed E-state index contributed by atoms with van der Waals surface area (Å²) in [5.41, 5.74) is 2.66. The van der Waals surface area contributed by atoms with Crippen LogP contribution in [0.4, 0.5) is 5.00 Å². The van der Waals surface area contributed by atoms with E-state index in [1.807, 2.05) is 6.07 Å². The lowest BCUT2D eigenvalue weighted by molar-refractivity contribution is 0.0526. The highest BCUT2D eigenvalue weighted by atomic mass is 35.5. The molecule has 0 spiro atoms. The van der Waals surface area contributed by atoms with E-state index in [9.17, 15) is 9.59 Å². The van der Waals surface area contributed by atoms with Crippen molar-refractivity contribution in [2.24, 2.45) is 0 Å². The first-order chi connectivity index (χ1) is 15.4. The topological polar surface area (TPSA) is 84.7 Å². The highest BCUT2D eigenvalue weighted by Gasteiger charge is 2.31. The summed E-state index contributed by atoms with van der Waals surface area (Å²) in [6.45, 7) is 8.35. The molecule has 0 saturated carbocycles. The van der Waals surface area contributed by atoms with Crippen LogP contribution in [0, 0.1) is 6.92 Å². The average Bonchev–Trinajstić information content (AvgIpc) is 3.33. The fraction of sp³-hybridized carbons (Fsp3) is 0.348. The second-order valence-corrected chi connectivity index (χ2v) is 8.96. The number of carbonyl (C=O) groups excluding carboxylic acids is 2. The number of halogens is 2. The van der Waals surface area contributed by atoms with E-state index in [1.165, 1.54) is 11.3 Å². The summed E-state index contributed by atoms with van der Waals surface area (Å²) in [7, 11) is 0. The molecule has 1 aliphatic rings. The molecule has 1 amide bonds. The number of rotatable bonds is 6. The predicted molar refractivity (Wildman–Crippen MR) is 132 cm³/mol. The zero-order valence-corrected chi connectivity index (χ0v) is 21.0. The lowest BCUT2D eigenvalue weighted by atomic mass is 10.0. The lowest BCUT2D eigenvalue weighted by Crippen LogP contribution is -2.30. The number of likely N-dealkylation sites (N-methyl/N-ethyl adjacent to an activating group) is 1. The summed E-state index contributed by atoms with van der Waals surface area (Å²) in [6.07, 6.45) is 0.737. The molecule has 2 aromatic heterocycles. The Morgan fingerprint density at radius 2 is 2.03 bits per heavy atom.